The van der Waals surface area contributed by atoms with Crippen LogP contribution in [0.5, 0.6) is 0 Å². The summed E-state index contributed by atoms with van der Waals surface area (Å²) in [6.45, 7) is 5.45. The third-order valence-corrected chi connectivity index (χ3v) is 3.01. The molecule has 14 heavy (non-hydrogen) atoms. The maximum atomic E-state index is 4.42. The summed E-state index contributed by atoms with van der Waals surface area (Å²) >= 11 is 0. The fraction of sp³-hybridized carbons (Fsp3) is 0.900. The van der Waals surface area contributed by atoms with E-state index in [9.17, 15) is 0 Å². The molecule has 0 bridgehead atoms. The highest BCUT2D eigenvalue weighted by atomic mass is 15.3. The second-order valence-electron chi connectivity index (χ2n) is 4.21. The van der Waals surface area contributed by atoms with E-state index in [1.54, 1.807) is 0 Å². The van der Waals surface area contributed by atoms with Crippen molar-refractivity contribution in [1.29, 1.82) is 0 Å². The predicted octanol–water partition coefficient (Wildman–Crippen LogP) is -0.123. The lowest BCUT2D eigenvalue weighted by Gasteiger charge is -2.28. The quantitative estimate of drug-likeness (QED) is 0.646. The maximum absolute atomic E-state index is 4.42. The van der Waals surface area contributed by atoms with Gasteiger partial charge in [-0.25, -0.2) is 0 Å². The first kappa shape index (κ1) is 9.77. The van der Waals surface area contributed by atoms with Crippen molar-refractivity contribution in [1.82, 2.24) is 15.5 Å². The molecule has 0 aromatic heterocycles. The Balaban J connectivity index is 1.77. The molecule has 80 valence electrons. The summed E-state index contributed by atoms with van der Waals surface area (Å²) in [4.78, 5) is 6.68. The van der Waals surface area contributed by atoms with E-state index in [0.29, 0.717) is 0 Å². The van der Waals surface area contributed by atoms with Gasteiger partial charge in [0.2, 0.25) is 0 Å². The molecule has 1 fully saturated rings. The number of nitrogens with one attached hydrogen (secondary N) is 2. The molecule has 0 atom stereocenters. The fourth-order valence-corrected chi connectivity index (χ4v) is 2.18. The first-order chi connectivity index (χ1) is 6.86. The Morgan fingerprint density at radius 3 is 2.79 bits per heavy atom. The van der Waals surface area contributed by atoms with E-state index in [4.69, 9.17) is 0 Å². The number of aliphatic imine (C=N–C) groups is 1. The van der Waals surface area contributed by atoms with Crippen LogP contribution in [0.4, 0.5) is 0 Å². The molecular weight excluding hydrogens is 176 g/mol. The van der Waals surface area contributed by atoms with Gasteiger partial charge in [0.1, 0.15) is 0 Å². The van der Waals surface area contributed by atoms with E-state index in [2.05, 4.69) is 27.6 Å². The van der Waals surface area contributed by atoms with Crippen molar-refractivity contribution in [3.63, 3.8) is 0 Å². The molecule has 0 saturated carbocycles. The van der Waals surface area contributed by atoms with Crippen LogP contribution in [0, 0.1) is 5.92 Å². The van der Waals surface area contributed by atoms with Gasteiger partial charge in [0, 0.05) is 20.1 Å². The van der Waals surface area contributed by atoms with E-state index in [0.717, 1.165) is 31.5 Å². The van der Waals surface area contributed by atoms with Crippen molar-refractivity contribution in [2.24, 2.45) is 10.9 Å². The molecule has 2 aliphatic heterocycles. The Hall–Kier alpha value is -0.770. The first-order valence-electron chi connectivity index (χ1n) is 5.56. The van der Waals surface area contributed by atoms with Crippen LogP contribution < -0.4 is 10.6 Å². The molecule has 1 saturated heterocycles. The molecule has 2 aliphatic rings. The molecule has 0 spiro atoms. The fourth-order valence-electron chi connectivity index (χ4n) is 2.18. The summed E-state index contributed by atoms with van der Waals surface area (Å²) in [5.41, 5.74) is 0. The van der Waals surface area contributed by atoms with Crippen LogP contribution in [-0.2, 0) is 0 Å². The largest absolute Gasteiger partial charge is 0.354 e. The Bertz CT molecular complexity index is 208. The summed E-state index contributed by atoms with van der Waals surface area (Å²) in [5, 5.41) is 6.70. The second kappa shape index (κ2) is 4.64. The summed E-state index contributed by atoms with van der Waals surface area (Å²) in [6.07, 6.45) is 2.61. The minimum atomic E-state index is 0.839. The summed E-state index contributed by atoms with van der Waals surface area (Å²) in [6, 6.07) is 0. The van der Waals surface area contributed by atoms with Gasteiger partial charge in [0.15, 0.2) is 5.96 Å². The predicted molar refractivity (Wildman–Crippen MR) is 58.5 cm³/mol. The normalized spacial score (nSPS) is 23.1. The lowest BCUT2D eigenvalue weighted by Crippen LogP contribution is -2.41. The van der Waals surface area contributed by atoms with Gasteiger partial charge in [-0.15, -0.1) is 0 Å². The van der Waals surface area contributed by atoms with Crippen molar-refractivity contribution >= 4 is 5.96 Å². The van der Waals surface area contributed by atoms with Gasteiger partial charge in [-0.3, -0.25) is 4.99 Å². The molecule has 4 nitrogen and oxygen atoms in total. The number of guanidine groups is 1. The van der Waals surface area contributed by atoms with E-state index < -0.39 is 0 Å². The number of rotatable bonds is 2. The summed E-state index contributed by atoms with van der Waals surface area (Å²) < 4.78 is 0. The van der Waals surface area contributed by atoms with Crippen LogP contribution in [0.25, 0.3) is 0 Å². The summed E-state index contributed by atoms with van der Waals surface area (Å²) in [7, 11) is 2.14. The zero-order chi connectivity index (χ0) is 9.80. The average molecular weight is 196 g/mol. The molecule has 0 aromatic carbocycles. The molecule has 0 aromatic rings. The van der Waals surface area contributed by atoms with E-state index in [-0.39, 0.29) is 0 Å². The maximum Gasteiger partial charge on any atom is 0.193 e. The third-order valence-electron chi connectivity index (χ3n) is 3.01. The van der Waals surface area contributed by atoms with Crippen molar-refractivity contribution < 1.29 is 0 Å². The SMILES string of the molecule is CN(CC1CCNCC1)C1=NCCN1. The molecule has 0 radical (unpaired) electrons. The van der Waals surface area contributed by atoms with Gasteiger partial charge in [-0.1, -0.05) is 0 Å². The third kappa shape index (κ3) is 2.38. The molecular formula is C10H20N4. The minimum absolute atomic E-state index is 0.839. The monoisotopic (exact) mass is 196 g/mol. The van der Waals surface area contributed by atoms with Gasteiger partial charge < -0.3 is 15.5 Å². The molecule has 2 heterocycles. The van der Waals surface area contributed by atoms with E-state index >= 15 is 0 Å². The zero-order valence-corrected chi connectivity index (χ0v) is 8.92. The molecule has 2 N–H and O–H groups in total. The van der Waals surface area contributed by atoms with Crippen LogP contribution in [0.3, 0.4) is 0 Å². The zero-order valence-electron chi connectivity index (χ0n) is 8.92. The van der Waals surface area contributed by atoms with Gasteiger partial charge in [0.05, 0.1) is 6.54 Å². The topological polar surface area (TPSA) is 39.7 Å². The van der Waals surface area contributed by atoms with Gasteiger partial charge in [-0.2, -0.15) is 0 Å². The molecule has 0 unspecified atom stereocenters. The highest BCUT2D eigenvalue weighted by Gasteiger charge is 2.17. The van der Waals surface area contributed by atoms with Crippen LogP contribution in [-0.4, -0.2) is 50.6 Å². The van der Waals surface area contributed by atoms with Crippen molar-refractivity contribution in [3.8, 4) is 0 Å². The van der Waals surface area contributed by atoms with E-state index in [1.807, 2.05) is 0 Å². The van der Waals surface area contributed by atoms with Crippen molar-refractivity contribution in [3.05, 3.63) is 0 Å². The Labute approximate surface area is 85.8 Å². The van der Waals surface area contributed by atoms with Crippen LogP contribution >= 0.6 is 0 Å². The molecule has 4 heteroatoms. The number of nitrogens with zero attached hydrogens (tertiary/aromatic N) is 2. The molecule has 2 rings (SSSR count). The Morgan fingerprint density at radius 2 is 2.14 bits per heavy atom. The van der Waals surface area contributed by atoms with Crippen molar-refractivity contribution in [2.75, 3.05) is 39.8 Å². The van der Waals surface area contributed by atoms with Gasteiger partial charge >= 0.3 is 0 Å². The van der Waals surface area contributed by atoms with E-state index in [1.165, 1.54) is 25.9 Å². The highest BCUT2D eigenvalue weighted by Crippen LogP contribution is 2.12. The standard InChI is InChI=1S/C10H20N4/c1-14(10-12-6-7-13-10)8-9-2-4-11-5-3-9/h9,11H,2-8H2,1H3,(H,12,13). The van der Waals surface area contributed by atoms with Crippen LogP contribution in [0.15, 0.2) is 4.99 Å². The second-order valence-corrected chi connectivity index (χ2v) is 4.21. The van der Waals surface area contributed by atoms with Crippen LogP contribution in [0.2, 0.25) is 0 Å². The smallest absolute Gasteiger partial charge is 0.193 e. The van der Waals surface area contributed by atoms with Crippen LogP contribution in [0.1, 0.15) is 12.8 Å². The Kier molecular flexibility index (Phi) is 3.24. The van der Waals surface area contributed by atoms with Gasteiger partial charge in [0.25, 0.3) is 0 Å². The lowest BCUT2D eigenvalue weighted by atomic mass is 9.98. The molecule has 0 aliphatic carbocycles. The number of hydrogen-bond acceptors (Lipinski definition) is 4. The first-order valence-corrected chi connectivity index (χ1v) is 5.56. The lowest BCUT2D eigenvalue weighted by molar-refractivity contribution is 0.304. The molecule has 0 amide bonds. The Morgan fingerprint density at radius 1 is 1.36 bits per heavy atom. The summed E-state index contributed by atoms with van der Waals surface area (Å²) in [5.74, 6) is 1.93. The highest BCUT2D eigenvalue weighted by molar-refractivity contribution is 5.81. The van der Waals surface area contributed by atoms with Crippen molar-refractivity contribution in [2.45, 2.75) is 12.8 Å². The van der Waals surface area contributed by atoms with Gasteiger partial charge in [-0.05, 0) is 31.8 Å². The number of piperidine rings is 1. The number of hydrogen-bond donors (Lipinski definition) is 2. The average Bonchev–Trinajstić information content (AvgIpc) is 2.72. The minimum Gasteiger partial charge on any atom is -0.354 e.